The van der Waals surface area contributed by atoms with Gasteiger partial charge in [0.05, 0.1) is 20.3 Å². The second-order valence-corrected chi connectivity index (χ2v) is 4.93. The fraction of sp³-hybridized carbons (Fsp3) is 0.222. The van der Waals surface area contributed by atoms with Gasteiger partial charge in [0.1, 0.15) is 5.92 Å². The minimum atomic E-state index is -0.784. The Kier molecular flexibility index (Phi) is 5.59. The van der Waals surface area contributed by atoms with Crippen LogP contribution in [0.3, 0.4) is 0 Å². The van der Waals surface area contributed by atoms with E-state index in [1.165, 1.54) is 0 Å². The molecule has 2 aromatic rings. The number of nitrogens with one attached hydrogen (secondary N) is 1. The van der Waals surface area contributed by atoms with Crippen molar-refractivity contribution in [3.8, 4) is 17.6 Å². The van der Waals surface area contributed by atoms with Crippen molar-refractivity contribution in [3.63, 3.8) is 0 Å². The smallest absolute Gasteiger partial charge is 0.242 e. The minimum absolute atomic E-state index is 0.301. The zero-order chi connectivity index (χ0) is 16.7. The lowest BCUT2D eigenvalue weighted by molar-refractivity contribution is -0.118. The van der Waals surface area contributed by atoms with E-state index in [9.17, 15) is 10.1 Å². The lowest BCUT2D eigenvalue weighted by Crippen LogP contribution is -2.23. The molecule has 5 heteroatoms. The standard InChI is InChI=1S/C18H18N2O3/c1-22-16-9-8-13(11-17(16)23-2)10-14(12-19)18(21)20-15-6-4-3-5-7-15/h3-9,11,14H,10H2,1-2H3,(H,20,21). The predicted octanol–water partition coefficient (Wildman–Crippen LogP) is 3.02. The number of hydrogen-bond acceptors (Lipinski definition) is 4. The van der Waals surface area contributed by atoms with Crippen LogP contribution in [0.25, 0.3) is 0 Å². The van der Waals surface area contributed by atoms with Crippen LogP contribution in [-0.4, -0.2) is 20.1 Å². The quantitative estimate of drug-likeness (QED) is 0.890. The molecule has 1 amide bonds. The van der Waals surface area contributed by atoms with Gasteiger partial charge in [0, 0.05) is 5.69 Å². The van der Waals surface area contributed by atoms with Gasteiger partial charge in [-0.3, -0.25) is 4.79 Å². The molecule has 0 saturated heterocycles. The third-order valence-electron chi connectivity index (χ3n) is 3.40. The van der Waals surface area contributed by atoms with Crippen LogP contribution < -0.4 is 14.8 Å². The summed E-state index contributed by atoms with van der Waals surface area (Å²) in [6.07, 6.45) is 0.301. The van der Waals surface area contributed by atoms with Crippen LogP contribution in [0.1, 0.15) is 5.56 Å². The first-order valence-corrected chi connectivity index (χ1v) is 7.14. The van der Waals surface area contributed by atoms with E-state index in [1.54, 1.807) is 38.5 Å². The Balaban J connectivity index is 2.10. The summed E-state index contributed by atoms with van der Waals surface area (Å²) in [5.74, 6) is 0.0745. The number of methoxy groups -OCH3 is 2. The fourth-order valence-corrected chi connectivity index (χ4v) is 2.19. The summed E-state index contributed by atoms with van der Waals surface area (Å²) in [7, 11) is 3.11. The van der Waals surface area contributed by atoms with Gasteiger partial charge < -0.3 is 14.8 Å². The molecule has 1 N–H and O–H groups in total. The first-order chi connectivity index (χ1) is 11.2. The van der Waals surface area contributed by atoms with Crippen LogP contribution in [0.4, 0.5) is 5.69 Å². The molecule has 0 bridgehead atoms. The van der Waals surface area contributed by atoms with Crippen molar-refractivity contribution in [2.45, 2.75) is 6.42 Å². The topological polar surface area (TPSA) is 71.3 Å². The van der Waals surface area contributed by atoms with E-state index in [0.717, 1.165) is 5.56 Å². The van der Waals surface area contributed by atoms with Crippen molar-refractivity contribution < 1.29 is 14.3 Å². The second kappa shape index (κ2) is 7.85. The van der Waals surface area contributed by atoms with E-state index in [-0.39, 0.29) is 5.91 Å². The lowest BCUT2D eigenvalue weighted by atomic mass is 9.99. The summed E-state index contributed by atoms with van der Waals surface area (Å²) >= 11 is 0. The number of carbonyl (C=O) groups excluding carboxylic acids is 1. The van der Waals surface area contributed by atoms with Crippen LogP contribution in [0.2, 0.25) is 0 Å². The lowest BCUT2D eigenvalue weighted by Gasteiger charge is -2.12. The van der Waals surface area contributed by atoms with Crippen molar-refractivity contribution in [2.75, 3.05) is 19.5 Å². The summed E-state index contributed by atoms with van der Waals surface area (Å²) in [4.78, 5) is 12.2. The van der Waals surface area contributed by atoms with Crippen LogP contribution >= 0.6 is 0 Å². The number of nitriles is 1. The van der Waals surface area contributed by atoms with E-state index in [4.69, 9.17) is 9.47 Å². The Morgan fingerprint density at radius 2 is 1.83 bits per heavy atom. The number of para-hydroxylation sites is 1. The number of benzene rings is 2. The molecule has 23 heavy (non-hydrogen) atoms. The van der Waals surface area contributed by atoms with Crippen LogP contribution in [-0.2, 0) is 11.2 Å². The number of ether oxygens (including phenoxy) is 2. The zero-order valence-corrected chi connectivity index (χ0v) is 13.1. The average Bonchev–Trinajstić information content (AvgIpc) is 2.60. The Labute approximate surface area is 135 Å². The van der Waals surface area contributed by atoms with Crippen molar-refractivity contribution in [2.24, 2.45) is 5.92 Å². The Morgan fingerprint density at radius 1 is 1.13 bits per heavy atom. The number of rotatable bonds is 6. The van der Waals surface area contributed by atoms with Gasteiger partial charge in [-0.1, -0.05) is 24.3 Å². The third-order valence-corrected chi connectivity index (χ3v) is 3.40. The van der Waals surface area contributed by atoms with E-state index in [2.05, 4.69) is 11.4 Å². The minimum Gasteiger partial charge on any atom is -0.493 e. The first-order valence-electron chi connectivity index (χ1n) is 7.14. The highest BCUT2D eigenvalue weighted by Gasteiger charge is 2.19. The Morgan fingerprint density at radius 3 is 2.43 bits per heavy atom. The van der Waals surface area contributed by atoms with Crippen molar-refractivity contribution in [3.05, 3.63) is 54.1 Å². The molecule has 0 heterocycles. The molecular formula is C18H18N2O3. The highest BCUT2D eigenvalue weighted by molar-refractivity contribution is 5.94. The van der Waals surface area contributed by atoms with Gasteiger partial charge in [0.25, 0.3) is 0 Å². The molecule has 2 rings (SSSR count). The number of nitrogens with zero attached hydrogens (tertiary/aromatic N) is 1. The van der Waals surface area contributed by atoms with E-state index in [1.807, 2.05) is 24.3 Å². The van der Waals surface area contributed by atoms with Crippen LogP contribution in [0.15, 0.2) is 48.5 Å². The molecule has 1 atom stereocenters. The zero-order valence-electron chi connectivity index (χ0n) is 13.1. The first kappa shape index (κ1) is 16.4. The largest absolute Gasteiger partial charge is 0.493 e. The van der Waals surface area contributed by atoms with Gasteiger partial charge in [-0.05, 0) is 36.2 Å². The maximum absolute atomic E-state index is 12.2. The monoisotopic (exact) mass is 310 g/mol. The molecule has 0 aromatic heterocycles. The van der Waals surface area contributed by atoms with E-state index in [0.29, 0.717) is 23.6 Å². The summed E-state index contributed by atoms with van der Waals surface area (Å²) in [6.45, 7) is 0. The maximum Gasteiger partial charge on any atom is 0.242 e. The SMILES string of the molecule is COc1ccc(CC(C#N)C(=O)Nc2ccccc2)cc1OC. The van der Waals surface area contributed by atoms with Crippen LogP contribution in [0.5, 0.6) is 11.5 Å². The van der Waals surface area contributed by atoms with Crippen molar-refractivity contribution >= 4 is 11.6 Å². The van der Waals surface area contributed by atoms with Gasteiger partial charge in [-0.2, -0.15) is 5.26 Å². The number of carbonyl (C=O) groups is 1. The number of amides is 1. The molecule has 5 nitrogen and oxygen atoms in total. The second-order valence-electron chi connectivity index (χ2n) is 4.93. The van der Waals surface area contributed by atoms with Crippen molar-refractivity contribution in [1.29, 1.82) is 5.26 Å². The summed E-state index contributed by atoms with van der Waals surface area (Å²) in [5, 5.41) is 12.0. The molecule has 1 unspecified atom stereocenters. The molecule has 0 saturated carbocycles. The van der Waals surface area contributed by atoms with Crippen LogP contribution in [0, 0.1) is 17.2 Å². The van der Waals surface area contributed by atoms with Crippen molar-refractivity contribution in [1.82, 2.24) is 0 Å². The van der Waals surface area contributed by atoms with Gasteiger partial charge in [0.2, 0.25) is 5.91 Å². The molecule has 2 aromatic carbocycles. The van der Waals surface area contributed by atoms with Gasteiger partial charge in [-0.15, -0.1) is 0 Å². The maximum atomic E-state index is 12.2. The molecule has 0 fully saturated rings. The number of hydrogen-bond donors (Lipinski definition) is 1. The molecule has 118 valence electrons. The molecule has 0 aliphatic rings. The van der Waals surface area contributed by atoms with Gasteiger partial charge >= 0.3 is 0 Å². The van der Waals surface area contributed by atoms with Gasteiger partial charge in [0.15, 0.2) is 11.5 Å². The molecule has 0 spiro atoms. The molecule has 0 aliphatic carbocycles. The predicted molar refractivity (Wildman–Crippen MR) is 87.4 cm³/mol. The summed E-state index contributed by atoms with van der Waals surface area (Å²) in [5.41, 5.74) is 1.50. The molecule has 0 radical (unpaired) electrons. The van der Waals surface area contributed by atoms with E-state index < -0.39 is 5.92 Å². The normalized spacial score (nSPS) is 11.2. The summed E-state index contributed by atoms with van der Waals surface area (Å²) in [6, 6.07) is 16.5. The Hall–Kier alpha value is -3.00. The highest BCUT2D eigenvalue weighted by Crippen LogP contribution is 2.28. The average molecular weight is 310 g/mol. The summed E-state index contributed by atoms with van der Waals surface area (Å²) < 4.78 is 10.4. The molecular weight excluding hydrogens is 292 g/mol. The fourth-order valence-electron chi connectivity index (χ4n) is 2.19. The van der Waals surface area contributed by atoms with Gasteiger partial charge in [-0.25, -0.2) is 0 Å². The van der Waals surface area contributed by atoms with E-state index >= 15 is 0 Å². The highest BCUT2D eigenvalue weighted by atomic mass is 16.5. The number of anilines is 1. The Bertz CT molecular complexity index is 708. The molecule has 0 aliphatic heterocycles. The third kappa shape index (κ3) is 4.24.